The molecule has 5 nitrogen and oxygen atoms in total. The number of carbonyl (C=O) groups is 1. The van der Waals surface area contributed by atoms with Gasteiger partial charge in [0.15, 0.2) is 0 Å². The lowest BCUT2D eigenvalue weighted by atomic mass is 9.79. The van der Waals surface area contributed by atoms with Crippen molar-refractivity contribution in [3.8, 4) is 0 Å². The van der Waals surface area contributed by atoms with Crippen LogP contribution in [0.4, 0.5) is 0 Å². The van der Waals surface area contributed by atoms with Crippen molar-refractivity contribution in [3.63, 3.8) is 0 Å². The Labute approximate surface area is 132 Å². The molecule has 7 heteroatoms. The van der Waals surface area contributed by atoms with Crippen LogP contribution in [0.2, 0.25) is 0 Å². The van der Waals surface area contributed by atoms with Crippen LogP contribution in [-0.2, 0) is 14.0 Å². The fourth-order valence-electron chi connectivity index (χ4n) is 1.84. The second kappa shape index (κ2) is 5.27. The molecule has 0 bridgehead atoms. The fraction of sp³-hybridized carbons (Fsp3) is 0.538. The molecule has 2 rings (SSSR count). The van der Waals surface area contributed by atoms with E-state index in [1.165, 1.54) is 7.11 Å². The van der Waals surface area contributed by atoms with E-state index in [9.17, 15) is 4.79 Å². The number of hydrogen-bond acceptors (Lipinski definition) is 5. The number of methoxy groups -OCH3 is 1. The van der Waals surface area contributed by atoms with Crippen LogP contribution in [0.25, 0.3) is 0 Å². The van der Waals surface area contributed by atoms with Crippen molar-refractivity contribution in [3.05, 3.63) is 21.5 Å². The highest BCUT2D eigenvalue weighted by Gasteiger charge is 2.51. The molecule has 0 unspecified atom stereocenters. The van der Waals surface area contributed by atoms with Gasteiger partial charge in [0.05, 0.1) is 18.3 Å². The van der Waals surface area contributed by atoms with Crippen molar-refractivity contribution >= 4 is 41.1 Å². The molecule has 0 aromatic carbocycles. The zero-order valence-electron chi connectivity index (χ0n) is 12.2. The van der Waals surface area contributed by atoms with Gasteiger partial charge in [-0.15, -0.1) is 0 Å². The molecule has 1 aromatic heterocycles. The lowest BCUT2D eigenvalue weighted by Crippen LogP contribution is -2.41. The molecule has 20 heavy (non-hydrogen) atoms. The molecule has 1 aromatic rings. The molecule has 0 aliphatic carbocycles. The first-order valence-corrected chi connectivity index (χ1v) is 7.35. The standard InChI is InChI=1S/C13H17BINO4/c1-12(2)13(3,4)20-14(19-12)8-6-9(11(17)18-5)16-10(15)7-8/h6-7H,1-5H3. The molecule has 1 saturated heterocycles. The average Bonchev–Trinajstić information content (AvgIpc) is 2.57. The monoisotopic (exact) mass is 389 g/mol. The Bertz CT molecular complexity index is 531. The molecular weight excluding hydrogens is 372 g/mol. The Morgan fingerprint density at radius 1 is 1.25 bits per heavy atom. The van der Waals surface area contributed by atoms with Gasteiger partial charge in [-0.3, -0.25) is 0 Å². The van der Waals surface area contributed by atoms with E-state index in [0.29, 0.717) is 3.70 Å². The third kappa shape index (κ3) is 2.84. The van der Waals surface area contributed by atoms with Crippen molar-refractivity contribution in [2.45, 2.75) is 38.9 Å². The zero-order valence-corrected chi connectivity index (χ0v) is 14.3. The number of hydrogen-bond donors (Lipinski definition) is 0. The summed E-state index contributed by atoms with van der Waals surface area (Å²) in [5, 5.41) is 0. The number of esters is 1. The van der Waals surface area contributed by atoms with Crippen molar-refractivity contribution in [2.24, 2.45) is 0 Å². The van der Waals surface area contributed by atoms with Crippen LogP contribution in [0.15, 0.2) is 12.1 Å². The van der Waals surface area contributed by atoms with Gasteiger partial charge in [0, 0.05) is 0 Å². The number of nitrogens with zero attached hydrogens (tertiary/aromatic N) is 1. The van der Waals surface area contributed by atoms with Gasteiger partial charge in [-0.1, -0.05) is 0 Å². The van der Waals surface area contributed by atoms with Crippen LogP contribution in [0.1, 0.15) is 38.2 Å². The minimum absolute atomic E-state index is 0.254. The maximum absolute atomic E-state index is 11.6. The van der Waals surface area contributed by atoms with E-state index in [0.717, 1.165) is 5.46 Å². The van der Waals surface area contributed by atoms with E-state index in [1.807, 2.05) is 33.8 Å². The number of carbonyl (C=O) groups excluding carboxylic acids is 1. The summed E-state index contributed by atoms with van der Waals surface area (Å²) in [4.78, 5) is 15.8. The smallest absolute Gasteiger partial charge is 0.464 e. The second-order valence-corrected chi connectivity index (χ2v) is 6.79. The van der Waals surface area contributed by atoms with Gasteiger partial charge in [-0.2, -0.15) is 0 Å². The molecule has 0 saturated carbocycles. The second-order valence-electron chi connectivity index (χ2n) is 5.69. The molecule has 0 atom stereocenters. The van der Waals surface area contributed by atoms with Crippen LogP contribution in [0.5, 0.6) is 0 Å². The molecule has 108 valence electrons. The first-order valence-electron chi connectivity index (χ1n) is 6.28. The highest BCUT2D eigenvalue weighted by molar-refractivity contribution is 14.1. The molecule has 1 aliphatic rings. The highest BCUT2D eigenvalue weighted by Crippen LogP contribution is 2.36. The number of halogens is 1. The number of pyridine rings is 1. The number of ether oxygens (including phenoxy) is 1. The largest absolute Gasteiger partial charge is 0.495 e. The van der Waals surface area contributed by atoms with Crippen LogP contribution >= 0.6 is 22.6 Å². The number of aromatic nitrogens is 1. The predicted octanol–water partition coefficient (Wildman–Crippen LogP) is 1.77. The van der Waals surface area contributed by atoms with Crippen molar-refractivity contribution in [1.82, 2.24) is 4.98 Å². The topological polar surface area (TPSA) is 57.7 Å². The minimum atomic E-state index is -0.514. The van der Waals surface area contributed by atoms with Crippen molar-refractivity contribution in [1.29, 1.82) is 0 Å². The summed E-state index contributed by atoms with van der Waals surface area (Å²) >= 11 is 2.05. The van der Waals surface area contributed by atoms with E-state index in [1.54, 1.807) is 6.07 Å². The number of rotatable bonds is 2. The summed E-state index contributed by atoms with van der Waals surface area (Å²) in [7, 11) is 0.818. The fourth-order valence-corrected chi connectivity index (χ4v) is 2.46. The van der Waals surface area contributed by atoms with Crippen molar-refractivity contribution in [2.75, 3.05) is 7.11 Å². The summed E-state index contributed by atoms with van der Waals surface area (Å²) in [6.45, 7) is 7.95. The first kappa shape index (κ1) is 15.7. The molecule has 0 radical (unpaired) electrons. The van der Waals surface area contributed by atoms with Gasteiger partial charge in [-0.25, -0.2) is 9.78 Å². The summed E-state index contributed by atoms with van der Waals surface area (Å²) in [6, 6.07) is 3.49. The van der Waals surface area contributed by atoms with Gasteiger partial charge in [-0.05, 0) is 67.9 Å². The van der Waals surface area contributed by atoms with E-state index in [2.05, 4.69) is 27.6 Å². The molecule has 1 aliphatic heterocycles. The summed E-state index contributed by atoms with van der Waals surface area (Å²) < 4.78 is 17.3. The zero-order chi connectivity index (χ0) is 15.1. The molecule has 2 heterocycles. The molecule has 0 N–H and O–H groups in total. The van der Waals surface area contributed by atoms with Crippen molar-refractivity contribution < 1.29 is 18.8 Å². The van der Waals surface area contributed by atoms with Gasteiger partial charge in [0.2, 0.25) is 0 Å². The quantitative estimate of drug-likeness (QED) is 0.334. The Kier molecular flexibility index (Phi) is 4.14. The van der Waals surface area contributed by atoms with Crippen LogP contribution in [0.3, 0.4) is 0 Å². The molecule has 0 spiro atoms. The van der Waals surface area contributed by atoms with Gasteiger partial charge in [0.1, 0.15) is 9.39 Å². The van der Waals surface area contributed by atoms with E-state index in [4.69, 9.17) is 14.0 Å². The Hall–Kier alpha value is -0.665. The van der Waals surface area contributed by atoms with Crippen LogP contribution < -0.4 is 5.46 Å². The molecule has 1 fully saturated rings. The van der Waals surface area contributed by atoms with E-state index >= 15 is 0 Å². The Morgan fingerprint density at radius 2 is 1.80 bits per heavy atom. The van der Waals surface area contributed by atoms with E-state index in [-0.39, 0.29) is 5.69 Å². The normalized spacial score (nSPS) is 20.0. The first-order chi connectivity index (χ1) is 9.16. The summed E-state index contributed by atoms with van der Waals surface area (Å²) in [6.07, 6.45) is 0. The lowest BCUT2D eigenvalue weighted by molar-refractivity contribution is 0.00578. The van der Waals surface area contributed by atoms with Crippen LogP contribution in [-0.4, -0.2) is 36.4 Å². The van der Waals surface area contributed by atoms with Gasteiger partial charge < -0.3 is 14.0 Å². The minimum Gasteiger partial charge on any atom is -0.464 e. The van der Waals surface area contributed by atoms with E-state index < -0.39 is 24.3 Å². The summed E-state index contributed by atoms with van der Waals surface area (Å²) in [5.41, 5.74) is 0.183. The third-order valence-electron chi connectivity index (χ3n) is 3.74. The Balaban J connectivity index is 2.35. The maximum Gasteiger partial charge on any atom is 0.495 e. The lowest BCUT2D eigenvalue weighted by Gasteiger charge is -2.32. The third-order valence-corrected chi connectivity index (χ3v) is 4.29. The molecule has 0 amide bonds. The average molecular weight is 389 g/mol. The summed E-state index contributed by atoms with van der Waals surface area (Å²) in [5.74, 6) is -0.471. The Morgan fingerprint density at radius 3 is 2.30 bits per heavy atom. The maximum atomic E-state index is 11.6. The van der Waals surface area contributed by atoms with Gasteiger partial charge >= 0.3 is 13.1 Å². The predicted molar refractivity (Wildman–Crippen MR) is 84.0 cm³/mol. The van der Waals surface area contributed by atoms with Gasteiger partial charge in [0.25, 0.3) is 0 Å². The molecular formula is C13H17BINO4. The van der Waals surface area contributed by atoms with Crippen LogP contribution in [0, 0.1) is 3.70 Å². The SMILES string of the molecule is COC(=O)c1cc(B2OC(C)(C)C(C)(C)O2)cc(I)n1. The highest BCUT2D eigenvalue weighted by atomic mass is 127.